The van der Waals surface area contributed by atoms with E-state index in [4.69, 9.17) is 0 Å². The van der Waals surface area contributed by atoms with E-state index in [1.165, 1.54) is 32.4 Å². The lowest BCUT2D eigenvalue weighted by atomic mass is 9.98. The number of rotatable bonds is 5. The van der Waals surface area contributed by atoms with Crippen LogP contribution in [0, 0.1) is 0 Å². The summed E-state index contributed by atoms with van der Waals surface area (Å²) in [6, 6.07) is 1.38. The highest BCUT2D eigenvalue weighted by atomic mass is 16.3. The van der Waals surface area contributed by atoms with Crippen LogP contribution >= 0.6 is 0 Å². The lowest BCUT2D eigenvalue weighted by molar-refractivity contribution is 0.129. The summed E-state index contributed by atoms with van der Waals surface area (Å²) in [5.41, 5.74) is -0.0179. The van der Waals surface area contributed by atoms with E-state index in [2.05, 4.69) is 29.2 Å². The Morgan fingerprint density at radius 1 is 1.39 bits per heavy atom. The molecule has 1 heterocycles. The molecule has 0 bridgehead atoms. The molecule has 0 aromatic rings. The Balaban J connectivity index is 1.95. The van der Waals surface area contributed by atoms with Gasteiger partial charge in [-0.15, -0.1) is 0 Å². The smallest absolute Gasteiger partial charge is 0.0613 e. The maximum absolute atomic E-state index is 9.60. The van der Waals surface area contributed by atoms with E-state index in [1.807, 2.05) is 7.05 Å². The van der Waals surface area contributed by atoms with E-state index in [0.29, 0.717) is 6.04 Å². The van der Waals surface area contributed by atoms with Gasteiger partial charge in [0.25, 0.3) is 0 Å². The standard InChI is InChI=1S/C14H29N3O/c1-15-14(11-18)7-6-12(9-14)17-8-4-5-13(17)10-16(2)3/h12-13,15,18H,4-11H2,1-3H3. The maximum atomic E-state index is 9.60. The molecule has 0 spiro atoms. The molecule has 3 atom stereocenters. The lowest BCUT2D eigenvalue weighted by Gasteiger charge is -2.34. The van der Waals surface area contributed by atoms with Crippen LogP contribution in [0.15, 0.2) is 0 Å². The summed E-state index contributed by atoms with van der Waals surface area (Å²) in [4.78, 5) is 5.00. The summed E-state index contributed by atoms with van der Waals surface area (Å²) in [6.45, 7) is 2.68. The number of likely N-dealkylation sites (N-methyl/N-ethyl adjacent to an activating group) is 2. The number of likely N-dealkylation sites (tertiary alicyclic amines) is 1. The molecular formula is C14H29N3O. The first-order valence-electron chi connectivity index (χ1n) is 7.30. The van der Waals surface area contributed by atoms with Gasteiger partial charge in [0.05, 0.1) is 6.61 Å². The summed E-state index contributed by atoms with van der Waals surface area (Å²) in [5.74, 6) is 0. The maximum Gasteiger partial charge on any atom is 0.0613 e. The van der Waals surface area contributed by atoms with Gasteiger partial charge in [0, 0.05) is 24.2 Å². The Morgan fingerprint density at radius 2 is 2.17 bits per heavy atom. The zero-order valence-electron chi connectivity index (χ0n) is 12.2. The van der Waals surface area contributed by atoms with Crippen molar-refractivity contribution in [3.05, 3.63) is 0 Å². The van der Waals surface area contributed by atoms with E-state index < -0.39 is 0 Å². The number of nitrogens with one attached hydrogen (secondary N) is 1. The quantitative estimate of drug-likeness (QED) is 0.751. The van der Waals surface area contributed by atoms with Crippen LogP contribution in [0.1, 0.15) is 32.1 Å². The predicted molar refractivity (Wildman–Crippen MR) is 74.8 cm³/mol. The first kappa shape index (κ1) is 14.3. The Labute approximate surface area is 111 Å². The molecule has 4 nitrogen and oxygen atoms in total. The van der Waals surface area contributed by atoms with Gasteiger partial charge < -0.3 is 15.3 Å². The summed E-state index contributed by atoms with van der Waals surface area (Å²) in [7, 11) is 6.31. The lowest BCUT2D eigenvalue weighted by Crippen LogP contribution is -2.48. The van der Waals surface area contributed by atoms with E-state index in [9.17, 15) is 5.11 Å². The van der Waals surface area contributed by atoms with Gasteiger partial charge in [0.1, 0.15) is 0 Å². The molecule has 0 aromatic heterocycles. The first-order valence-corrected chi connectivity index (χ1v) is 7.30. The zero-order chi connectivity index (χ0) is 13.2. The molecule has 2 N–H and O–H groups in total. The monoisotopic (exact) mass is 255 g/mol. The van der Waals surface area contributed by atoms with E-state index in [0.717, 1.165) is 18.9 Å². The molecule has 2 fully saturated rings. The second kappa shape index (κ2) is 5.87. The summed E-state index contributed by atoms with van der Waals surface area (Å²) in [5, 5.41) is 12.9. The van der Waals surface area contributed by atoms with Crippen molar-refractivity contribution in [2.75, 3.05) is 40.8 Å². The highest BCUT2D eigenvalue weighted by Gasteiger charge is 2.42. The van der Waals surface area contributed by atoms with Gasteiger partial charge in [0.2, 0.25) is 0 Å². The fourth-order valence-corrected chi connectivity index (χ4v) is 3.79. The second-order valence-corrected chi connectivity index (χ2v) is 6.38. The van der Waals surface area contributed by atoms with Crippen molar-refractivity contribution in [1.82, 2.24) is 15.1 Å². The number of hydrogen-bond donors (Lipinski definition) is 2. The zero-order valence-corrected chi connectivity index (χ0v) is 12.2. The van der Waals surface area contributed by atoms with Crippen molar-refractivity contribution in [2.24, 2.45) is 0 Å². The summed E-state index contributed by atoms with van der Waals surface area (Å²) in [6.07, 6.45) is 6.10. The minimum absolute atomic E-state index is 0.0179. The highest BCUT2D eigenvalue weighted by Crippen LogP contribution is 2.36. The van der Waals surface area contributed by atoms with Crippen molar-refractivity contribution in [1.29, 1.82) is 0 Å². The molecule has 1 aliphatic carbocycles. The van der Waals surface area contributed by atoms with Crippen LogP contribution in [0.4, 0.5) is 0 Å². The second-order valence-electron chi connectivity index (χ2n) is 6.38. The molecular weight excluding hydrogens is 226 g/mol. The SMILES string of the molecule is CNC1(CO)CCC(N2CCCC2CN(C)C)C1. The molecule has 106 valence electrons. The topological polar surface area (TPSA) is 38.7 Å². The third kappa shape index (κ3) is 2.87. The van der Waals surface area contributed by atoms with Crippen LogP contribution in [0.25, 0.3) is 0 Å². The van der Waals surface area contributed by atoms with Gasteiger partial charge in [0.15, 0.2) is 0 Å². The molecule has 1 saturated carbocycles. The normalized spacial score (nSPS) is 37.8. The predicted octanol–water partition coefficient (Wildman–Crippen LogP) is 0.515. The minimum atomic E-state index is -0.0179. The highest BCUT2D eigenvalue weighted by molar-refractivity contribution is 5.01. The molecule has 0 aromatic carbocycles. The third-order valence-electron chi connectivity index (χ3n) is 4.88. The fourth-order valence-electron chi connectivity index (χ4n) is 3.79. The van der Waals surface area contributed by atoms with Crippen LogP contribution in [-0.2, 0) is 0 Å². The van der Waals surface area contributed by atoms with E-state index in [-0.39, 0.29) is 12.1 Å². The van der Waals surface area contributed by atoms with Crippen molar-refractivity contribution < 1.29 is 5.11 Å². The molecule has 2 rings (SSSR count). The van der Waals surface area contributed by atoms with E-state index >= 15 is 0 Å². The molecule has 3 unspecified atom stereocenters. The molecule has 0 amide bonds. The molecule has 1 saturated heterocycles. The van der Waals surface area contributed by atoms with Crippen molar-refractivity contribution >= 4 is 0 Å². The van der Waals surface area contributed by atoms with Gasteiger partial charge >= 0.3 is 0 Å². The number of nitrogens with zero attached hydrogens (tertiary/aromatic N) is 2. The minimum Gasteiger partial charge on any atom is -0.394 e. The number of aliphatic hydroxyl groups excluding tert-OH is 1. The van der Waals surface area contributed by atoms with Gasteiger partial charge in [-0.3, -0.25) is 4.90 Å². The van der Waals surface area contributed by atoms with Gasteiger partial charge in [-0.25, -0.2) is 0 Å². The average Bonchev–Trinajstić information content (AvgIpc) is 2.95. The third-order valence-corrected chi connectivity index (χ3v) is 4.88. The van der Waals surface area contributed by atoms with E-state index in [1.54, 1.807) is 0 Å². The van der Waals surface area contributed by atoms with Crippen LogP contribution in [-0.4, -0.2) is 73.4 Å². The Bertz CT molecular complexity index is 266. The summed E-state index contributed by atoms with van der Waals surface area (Å²) >= 11 is 0. The van der Waals surface area contributed by atoms with Gasteiger partial charge in [-0.1, -0.05) is 0 Å². The Hall–Kier alpha value is -0.160. The molecule has 2 aliphatic rings. The largest absolute Gasteiger partial charge is 0.394 e. The molecule has 4 heteroatoms. The number of aliphatic hydroxyl groups is 1. The van der Waals surface area contributed by atoms with Crippen LogP contribution in [0.2, 0.25) is 0 Å². The van der Waals surface area contributed by atoms with Gasteiger partial charge in [-0.2, -0.15) is 0 Å². The molecule has 0 radical (unpaired) electrons. The van der Waals surface area contributed by atoms with Gasteiger partial charge in [-0.05, 0) is 59.8 Å². The number of hydrogen-bond acceptors (Lipinski definition) is 4. The molecule has 1 aliphatic heterocycles. The van der Waals surface area contributed by atoms with Crippen molar-refractivity contribution in [3.63, 3.8) is 0 Å². The van der Waals surface area contributed by atoms with Crippen LogP contribution < -0.4 is 5.32 Å². The Morgan fingerprint density at radius 3 is 2.72 bits per heavy atom. The average molecular weight is 255 g/mol. The van der Waals surface area contributed by atoms with Crippen LogP contribution in [0.3, 0.4) is 0 Å². The van der Waals surface area contributed by atoms with Crippen molar-refractivity contribution in [2.45, 2.75) is 49.7 Å². The van der Waals surface area contributed by atoms with Crippen LogP contribution in [0.5, 0.6) is 0 Å². The Kier molecular flexibility index (Phi) is 4.64. The summed E-state index contributed by atoms with van der Waals surface area (Å²) < 4.78 is 0. The molecule has 18 heavy (non-hydrogen) atoms. The van der Waals surface area contributed by atoms with Crippen molar-refractivity contribution in [3.8, 4) is 0 Å². The first-order chi connectivity index (χ1) is 8.60. The fraction of sp³-hybridized carbons (Fsp3) is 1.00.